The number of unbranched alkanes of at least 4 members (excludes halogenated alkanes) is 61. The summed E-state index contributed by atoms with van der Waals surface area (Å²) in [5, 5.41) is 23.3. The predicted molar refractivity (Wildman–Crippen MR) is 402 cm³/mol. The van der Waals surface area contributed by atoms with Crippen molar-refractivity contribution in [1.29, 1.82) is 0 Å². The second-order valence-electron chi connectivity index (χ2n) is 28.4. The molecule has 0 saturated carbocycles. The minimum atomic E-state index is -0.844. The van der Waals surface area contributed by atoms with Gasteiger partial charge >= 0.3 is 5.97 Å². The number of esters is 1. The third-order valence-corrected chi connectivity index (χ3v) is 19.3. The number of allylic oxidation sites excluding steroid dienone is 7. The minimum Gasteiger partial charge on any atom is -0.466 e. The summed E-state index contributed by atoms with van der Waals surface area (Å²) in [5.74, 6) is -0.0536. The fraction of sp³-hybridized carbons (Fsp3) is 0.882. The second kappa shape index (κ2) is 80.3. The molecule has 0 aromatic carbocycles. The maximum absolute atomic E-state index is 12.6. The van der Waals surface area contributed by atoms with Crippen molar-refractivity contribution in [3.63, 3.8) is 0 Å². The summed E-state index contributed by atoms with van der Waals surface area (Å²) < 4.78 is 5.49. The highest BCUT2D eigenvalue weighted by Gasteiger charge is 2.18. The van der Waals surface area contributed by atoms with E-state index < -0.39 is 12.1 Å². The van der Waals surface area contributed by atoms with Crippen molar-refractivity contribution in [2.75, 3.05) is 13.2 Å². The first-order chi connectivity index (χ1) is 45.0. The lowest BCUT2D eigenvalue weighted by Gasteiger charge is -2.20. The molecule has 0 radical (unpaired) electrons. The Morgan fingerprint density at radius 1 is 0.308 bits per heavy atom. The predicted octanol–water partition coefficient (Wildman–Crippen LogP) is 27.5. The number of nitrogens with one attached hydrogen (secondary N) is 1. The average Bonchev–Trinajstić information content (AvgIpc) is 3.64. The van der Waals surface area contributed by atoms with Gasteiger partial charge in [-0.3, -0.25) is 9.59 Å². The Kier molecular flexibility index (Phi) is 78.3. The van der Waals surface area contributed by atoms with Crippen molar-refractivity contribution in [3.05, 3.63) is 48.6 Å². The third-order valence-electron chi connectivity index (χ3n) is 19.3. The largest absolute Gasteiger partial charge is 0.466 e. The fourth-order valence-corrected chi connectivity index (χ4v) is 13.0. The molecule has 6 nitrogen and oxygen atoms in total. The molecule has 6 heteroatoms. The van der Waals surface area contributed by atoms with Crippen LogP contribution in [0.5, 0.6) is 0 Å². The highest BCUT2D eigenvalue weighted by atomic mass is 16.5. The van der Waals surface area contributed by atoms with Gasteiger partial charge in [0.15, 0.2) is 0 Å². The molecule has 0 aliphatic carbocycles. The van der Waals surface area contributed by atoms with E-state index in [-0.39, 0.29) is 18.5 Å². The Morgan fingerprint density at radius 3 is 0.879 bits per heavy atom. The maximum Gasteiger partial charge on any atom is 0.305 e. The Labute approximate surface area is 569 Å². The van der Waals surface area contributed by atoms with Crippen LogP contribution in [0.2, 0.25) is 0 Å². The molecule has 0 fully saturated rings. The lowest BCUT2D eigenvalue weighted by molar-refractivity contribution is -0.143. The van der Waals surface area contributed by atoms with Crippen LogP contribution in [0.4, 0.5) is 0 Å². The van der Waals surface area contributed by atoms with Crippen LogP contribution in [0.25, 0.3) is 0 Å². The van der Waals surface area contributed by atoms with Crippen LogP contribution in [0, 0.1) is 0 Å². The van der Waals surface area contributed by atoms with Gasteiger partial charge in [-0.1, -0.05) is 409 Å². The molecule has 2 unspecified atom stereocenters. The summed E-state index contributed by atoms with van der Waals surface area (Å²) in [6.45, 7) is 4.91. The van der Waals surface area contributed by atoms with Crippen molar-refractivity contribution in [2.24, 2.45) is 0 Å². The number of carbonyl (C=O) groups is 2. The highest BCUT2D eigenvalue weighted by Crippen LogP contribution is 2.20. The molecule has 0 aromatic heterocycles. The number of hydrogen-bond donors (Lipinski definition) is 3. The summed E-state index contributed by atoms with van der Waals surface area (Å²) in [6.07, 6.45) is 107. The van der Waals surface area contributed by atoms with Crippen LogP contribution in [0.3, 0.4) is 0 Å². The van der Waals surface area contributed by atoms with E-state index in [9.17, 15) is 19.8 Å². The number of carbonyl (C=O) groups excluding carboxylic acids is 2. The van der Waals surface area contributed by atoms with E-state index in [1.54, 1.807) is 6.08 Å². The van der Waals surface area contributed by atoms with Crippen LogP contribution < -0.4 is 5.32 Å². The van der Waals surface area contributed by atoms with E-state index in [2.05, 4.69) is 55.6 Å². The molecule has 91 heavy (non-hydrogen) atoms. The molecule has 3 N–H and O–H groups in total. The topological polar surface area (TPSA) is 95.9 Å². The van der Waals surface area contributed by atoms with Gasteiger partial charge in [-0.05, 0) is 83.5 Å². The summed E-state index contributed by atoms with van der Waals surface area (Å²) in [4.78, 5) is 24.6. The quantitative estimate of drug-likeness (QED) is 0.0320. The number of hydrogen-bond acceptors (Lipinski definition) is 5. The van der Waals surface area contributed by atoms with E-state index >= 15 is 0 Å². The first-order valence-electron chi connectivity index (χ1n) is 41.4. The summed E-state index contributed by atoms with van der Waals surface area (Å²) >= 11 is 0. The molecule has 0 bridgehead atoms. The van der Waals surface area contributed by atoms with E-state index in [0.717, 1.165) is 51.4 Å². The van der Waals surface area contributed by atoms with Crippen LogP contribution >= 0.6 is 0 Å². The number of rotatable bonds is 78. The summed E-state index contributed by atoms with van der Waals surface area (Å²) in [6, 6.07) is -0.627. The first kappa shape index (κ1) is 88.8. The van der Waals surface area contributed by atoms with E-state index in [1.807, 2.05) is 6.08 Å². The monoisotopic (exact) mass is 1280 g/mol. The standard InChI is InChI=1S/C85H161NO5/c1-3-5-7-9-11-13-15-17-19-20-21-22-23-35-38-41-44-47-50-53-57-61-65-69-73-77-83(88)82(81-87)86-84(89)78-74-70-66-62-58-54-51-48-45-42-39-36-33-31-29-27-25-24-26-28-30-32-34-37-40-43-46-49-52-56-60-64-68-72-76-80-91-85(90)79-75-71-67-63-59-55-18-16-14-12-10-8-6-4-2/h10,12,16,18,26,28,73,77,82-83,87-88H,3-9,11,13-15,17,19-25,27,29-72,74-76,78-81H2,1-2H3,(H,86,89)/b12-10-,18-16-,28-26-,77-73+. The molecule has 0 rings (SSSR count). The van der Waals surface area contributed by atoms with Gasteiger partial charge in [0.25, 0.3) is 0 Å². The zero-order chi connectivity index (χ0) is 65.6. The van der Waals surface area contributed by atoms with Gasteiger partial charge in [0.1, 0.15) is 0 Å². The van der Waals surface area contributed by atoms with E-state index in [4.69, 9.17) is 4.74 Å². The van der Waals surface area contributed by atoms with Crippen LogP contribution in [-0.4, -0.2) is 47.4 Å². The molecule has 0 aliphatic heterocycles. The van der Waals surface area contributed by atoms with Crippen LogP contribution in [0.15, 0.2) is 48.6 Å². The van der Waals surface area contributed by atoms with Crippen molar-refractivity contribution in [2.45, 2.75) is 469 Å². The average molecular weight is 1280 g/mol. The molecule has 0 spiro atoms. The number of ether oxygens (including phenoxy) is 1. The van der Waals surface area contributed by atoms with Crippen molar-refractivity contribution in [3.8, 4) is 0 Å². The van der Waals surface area contributed by atoms with Crippen molar-refractivity contribution in [1.82, 2.24) is 5.32 Å². The molecular formula is C85H161NO5. The normalized spacial score (nSPS) is 12.7. The Morgan fingerprint density at radius 2 is 0.560 bits per heavy atom. The molecular weight excluding hydrogens is 1110 g/mol. The molecule has 1 amide bonds. The van der Waals surface area contributed by atoms with Crippen molar-refractivity contribution >= 4 is 11.9 Å². The second-order valence-corrected chi connectivity index (χ2v) is 28.4. The van der Waals surface area contributed by atoms with Crippen LogP contribution in [0.1, 0.15) is 457 Å². The summed E-state index contributed by atoms with van der Waals surface area (Å²) in [5.41, 5.74) is 0. The molecule has 536 valence electrons. The van der Waals surface area contributed by atoms with Gasteiger partial charge in [0.2, 0.25) is 5.91 Å². The number of aliphatic hydroxyl groups excluding tert-OH is 2. The number of aliphatic hydroxyl groups is 2. The Balaban J connectivity index is 3.37. The zero-order valence-electron chi connectivity index (χ0n) is 61.6. The Bertz CT molecular complexity index is 1520. The van der Waals surface area contributed by atoms with Gasteiger partial charge in [0, 0.05) is 12.8 Å². The van der Waals surface area contributed by atoms with Gasteiger partial charge in [0.05, 0.1) is 25.4 Å². The van der Waals surface area contributed by atoms with Crippen LogP contribution in [-0.2, 0) is 14.3 Å². The molecule has 0 saturated heterocycles. The minimum absolute atomic E-state index is 0.00578. The van der Waals surface area contributed by atoms with Gasteiger partial charge < -0.3 is 20.3 Å². The zero-order valence-corrected chi connectivity index (χ0v) is 61.6. The van der Waals surface area contributed by atoms with Crippen molar-refractivity contribution < 1.29 is 24.5 Å². The lowest BCUT2D eigenvalue weighted by Crippen LogP contribution is -2.45. The smallest absolute Gasteiger partial charge is 0.305 e. The third kappa shape index (κ3) is 76.7. The Hall–Kier alpha value is -2.18. The summed E-state index contributed by atoms with van der Waals surface area (Å²) in [7, 11) is 0. The van der Waals surface area contributed by atoms with E-state index in [0.29, 0.717) is 19.4 Å². The van der Waals surface area contributed by atoms with E-state index in [1.165, 1.54) is 379 Å². The molecule has 0 aromatic rings. The number of amides is 1. The molecule has 2 atom stereocenters. The van der Waals surface area contributed by atoms with Gasteiger partial charge in [-0.25, -0.2) is 0 Å². The van der Waals surface area contributed by atoms with Gasteiger partial charge in [-0.15, -0.1) is 0 Å². The first-order valence-corrected chi connectivity index (χ1v) is 41.4. The molecule has 0 heterocycles. The molecule has 0 aliphatic rings. The fourth-order valence-electron chi connectivity index (χ4n) is 13.0. The lowest BCUT2D eigenvalue weighted by atomic mass is 10.0. The highest BCUT2D eigenvalue weighted by molar-refractivity contribution is 5.76. The maximum atomic E-state index is 12.6. The SMILES string of the molecule is CCCC/C=C\C/C=C\CCCCCCCC(=O)OCCCCCCCCCCCCCCCC/C=C\CCCCCCCCCCCCCCCCCCCC(=O)NC(CO)C(O)/C=C/CCCCCCCCCCCCCCCCCCCCCCCCC. The van der Waals surface area contributed by atoms with Gasteiger partial charge in [-0.2, -0.15) is 0 Å².